The van der Waals surface area contributed by atoms with Crippen molar-refractivity contribution in [2.45, 2.75) is 24.7 Å². The third-order valence-corrected chi connectivity index (χ3v) is 13.3. The molecule has 0 atom stereocenters. The lowest BCUT2D eigenvalue weighted by atomic mass is 9.55. The molecule has 1 aromatic heterocycles. The summed E-state index contributed by atoms with van der Waals surface area (Å²) in [5.74, 6) is 0. The van der Waals surface area contributed by atoms with E-state index in [1.54, 1.807) is 0 Å². The number of benzene rings is 8. The maximum absolute atomic E-state index is 2.51. The molecule has 0 saturated heterocycles. The minimum Gasteiger partial charge on any atom is -0.310 e. The maximum Gasteiger partial charge on any atom is 0.0719 e. The van der Waals surface area contributed by atoms with Crippen molar-refractivity contribution >= 4 is 48.6 Å². The smallest absolute Gasteiger partial charge is 0.0719 e. The molecule has 1 spiro atoms. The lowest BCUT2D eigenvalue weighted by molar-refractivity contribution is 0.563. The standard InChI is InChI=1S/C52H37NS/c1-51(2)44-21-11-13-23-46(44)52(47-24-14-12-22-45(47)51)43-20-10-9-19-39(43)40-28-25-35(32-48(40)52)34-26-29-49-41(31-34)42-33-38(27-30-50(42)54-49)53(36-15-5-3-6-16-36)37-17-7-4-8-18-37/h3-33H,1-2H3. The molecule has 54 heavy (non-hydrogen) atoms. The van der Waals surface area contributed by atoms with Gasteiger partial charge in [0.25, 0.3) is 0 Å². The molecule has 256 valence electrons. The maximum atomic E-state index is 2.51. The summed E-state index contributed by atoms with van der Waals surface area (Å²) in [4.78, 5) is 2.35. The largest absolute Gasteiger partial charge is 0.310 e. The van der Waals surface area contributed by atoms with Crippen LogP contribution in [0.2, 0.25) is 0 Å². The van der Waals surface area contributed by atoms with Crippen LogP contribution in [0.5, 0.6) is 0 Å². The fraction of sp³-hybridized carbons (Fsp3) is 0.0769. The summed E-state index contributed by atoms with van der Waals surface area (Å²) in [6, 6.07) is 70.1. The Labute approximate surface area is 320 Å². The molecule has 0 fully saturated rings. The molecule has 8 aromatic carbocycles. The zero-order valence-corrected chi connectivity index (χ0v) is 31.1. The van der Waals surface area contributed by atoms with Gasteiger partial charge in [0.05, 0.1) is 5.41 Å². The Bertz CT molecular complexity index is 2830. The van der Waals surface area contributed by atoms with Crippen molar-refractivity contribution in [1.82, 2.24) is 0 Å². The average molecular weight is 708 g/mol. The zero-order valence-electron chi connectivity index (χ0n) is 30.3. The molecule has 2 aliphatic rings. The van der Waals surface area contributed by atoms with Gasteiger partial charge in [-0.3, -0.25) is 0 Å². The third kappa shape index (κ3) is 4.32. The highest BCUT2D eigenvalue weighted by Crippen LogP contribution is 2.62. The van der Waals surface area contributed by atoms with Gasteiger partial charge in [0.15, 0.2) is 0 Å². The lowest BCUT2D eigenvalue weighted by Gasteiger charge is -2.46. The van der Waals surface area contributed by atoms with E-state index in [1.165, 1.54) is 75.8 Å². The highest BCUT2D eigenvalue weighted by molar-refractivity contribution is 7.25. The number of nitrogens with zero attached hydrogens (tertiary/aromatic N) is 1. The first-order valence-corrected chi connectivity index (χ1v) is 19.7. The van der Waals surface area contributed by atoms with Crippen LogP contribution >= 0.6 is 11.3 Å². The van der Waals surface area contributed by atoms with Crippen molar-refractivity contribution in [3.8, 4) is 22.3 Å². The zero-order chi connectivity index (χ0) is 36.0. The summed E-state index contributed by atoms with van der Waals surface area (Å²) in [6.07, 6.45) is 0. The van der Waals surface area contributed by atoms with Gasteiger partial charge in [-0.1, -0.05) is 141 Å². The minimum atomic E-state index is -0.406. The molecule has 0 bridgehead atoms. The van der Waals surface area contributed by atoms with Crippen LogP contribution < -0.4 is 4.90 Å². The minimum absolute atomic E-state index is 0.117. The second-order valence-corrected chi connectivity index (χ2v) is 16.4. The van der Waals surface area contributed by atoms with Crippen LogP contribution in [0.1, 0.15) is 47.2 Å². The van der Waals surface area contributed by atoms with E-state index in [-0.39, 0.29) is 5.41 Å². The quantitative estimate of drug-likeness (QED) is 0.176. The summed E-state index contributed by atoms with van der Waals surface area (Å²) in [7, 11) is 0. The first-order valence-electron chi connectivity index (χ1n) is 18.8. The SMILES string of the molecule is CC1(C)c2ccccc2C2(c3ccccc3-c3ccc(-c4ccc5sc6ccc(N(c7ccccc7)c7ccccc7)cc6c5c4)cc32)c2ccccc21. The Hall–Kier alpha value is -6.22. The van der Waals surface area contributed by atoms with Crippen molar-refractivity contribution in [3.63, 3.8) is 0 Å². The van der Waals surface area contributed by atoms with Gasteiger partial charge in [-0.2, -0.15) is 0 Å². The van der Waals surface area contributed by atoms with E-state index >= 15 is 0 Å². The van der Waals surface area contributed by atoms with Gasteiger partial charge in [-0.05, 0) is 116 Å². The van der Waals surface area contributed by atoms with E-state index in [9.17, 15) is 0 Å². The molecule has 0 amide bonds. The summed E-state index contributed by atoms with van der Waals surface area (Å²) in [5.41, 5.74) is 16.4. The van der Waals surface area contributed by atoms with E-state index in [1.807, 2.05) is 11.3 Å². The van der Waals surface area contributed by atoms with Crippen LogP contribution in [-0.4, -0.2) is 0 Å². The Kier molecular flexibility index (Phi) is 6.75. The summed E-state index contributed by atoms with van der Waals surface area (Å²) < 4.78 is 2.60. The number of fused-ring (bicyclic) bond motifs is 12. The fourth-order valence-corrected chi connectivity index (χ4v) is 10.8. The third-order valence-electron chi connectivity index (χ3n) is 12.1. The summed E-state index contributed by atoms with van der Waals surface area (Å²) in [6.45, 7) is 4.78. The summed E-state index contributed by atoms with van der Waals surface area (Å²) >= 11 is 1.87. The van der Waals surface area contributed by atoms with Crippen molar-refractivity contribution in [3.05, 3.63) is 221 Å². The van der Waals surface area contributed by atoms with Gasteiger partial charge < -0.3 is 4.90 Å². The molecule has 0 radical (unpaired) electrons. The predicted molar refractivity (Wildman–Crippen MR) is 229 cm³/mol. The van der Waals surface area contributed by atoms with Gasteiger partial charge in [-0.25, -0.2) is 0 Å². The Morgan fingerprint density at radius 2 is 0.852 bits per heavy atom. The van der Waals surface area contributed by atoms with E-state index < -0.39 is 5.41 Å². The van der Waals surface area contributed by atoms with Crippen LogP contribution in [0.4, 0.5) is 17.1 Å². The van der Waals surface area contributed by atoms with Gasteiger partial charge in [0.2, 0.25) is 0 Å². The molecule has 1 heterocycles. The van der Waals surface area contributed by atoms with Crippen molar-refractivity contribution < 1.29 is 0 Å². The second-order valence-electron chi connectivity index (χ2n) is 15.3. The highest BCUT2D eigenvalue weighted by atomic mass is 32.1. The summed E-state index contributed by atoms with van der Waals surface area (Å²) in [5, 5.41) is 2.58. The molecule has 9 aromatic rings. The number of hydrogen-bond donors (Lipinski definition) is 0. The Morgan fingerprint density at radius 3 is 1.50 bits per heavy atom. The van der Waals surface area contributed by atoms with Gasteiger partial charge in [-0.15, -0.1) is 11.3 Å². The van der Waals surface area contributed by atoms with Crippen LogP contribution in [0, 0.1) is 0 Å². The molecule has 2 heteroatoms. The van der Waals surface area contributed by atoms with Crippen LogP contribution in [-0.2, 0) is 10.8 Å². The van der Waals surface area contributed by atoms with Crippen LogP contribution in [0.15, 0.2) is 188 Å². The second kappa shape index (κ2) is 11.6. The highest BCUT2D eigenvalue weighted by Gasteiger charge is 2.53. The predicted octanol–water partition coefficient (Wildman–Crippen LogP) is 14.2. The van der Waals surface area contributed by atoms with Crippen LogP contribution in [0.3, 0.4) is 0 Å². The molecule has 1 nitrogen and oxygen atoms in total. The number of rotatable bonds is 4. The van der Waals surface area contributed by atoms with Crippen molar-refractivity contribution in [2.75, 3.05) is 4.90 Å². The number of anilines is 3. The molecule has 11 rings (SSSR count). The lowest BCUT2D eigenvalue weighted by Crippen LogP contribution is -2.40. The molecule has 0 aliphatic heterocycles. The Morgan fingerprint density at radius 1 is 0.370 bits per heavy atom. The van der Waals surface area contributed by atoms with E-state index in [2.05, 4.69) is 207 Å². The molecule has 0 saturated carbocycles. The first-order chi connectivity index (χ1) is 26.5. The molecule has 0 N–H and O–H groups in total. The fourth-order valence-electron chi connectivity index (χ4n) is 9.73. The van der Waals surface area contributed by atoms with Gasteiger partial charge in [0.1, 0.15) is 0 Å². The number of hydrogen-bond acceptors (Lipinski definition) is 2. The topological polar surface area (TPSA) is 3.24 Å². The normalized spacial score (nSPS) is 14.4. The first kappa shape index (κ1) is 31.3. The molecular weight excluding hydrogens is 671 g/mol. The van der Waals surface area contributed by atoms with E-state index in [0.717, 1.165) is 17.1 Å². The molecule has 2 aliphatic carbocycles. The number of thiophene rings is 1. The van der Waals surface area contributed by atoms with Crippen LogP contribution in [0.25, 0.3) is 42.4 Å². The van der Waals surface area contributed by atoms with E-state index in [0.29, 0.717) is 0 Å². The van der Waals surface area contributed by atoms with E-state index in [4.69, 9.17) is 0 Å². The van der Waals surface area contributed by atoms with Gasteiger partial charge in [0, 0.05) is 42.6 Å². The monoisotopic (exact) mass is 707 g/mol. The van der Waals surface area contributed by atoms with Crippen molar-refractivity contribution in [2.24, 2.45) is 0 Å². The average Bonchev–Trinajstić information content (AvgIpc) is 3.74. The molecule has 0 unspecified atom stereocenters. The van der Waals surface area contributed by atoms with Crippen molar-refractivity contribution in [1.29, 1.82) is 0 Å². The van der Waals surface area contributed by atoms with Gasteiger partial charge >= 0.3 is 0 Å². The Balaban J connectivity index is 1.11. The molecular formula is C52H37NS. The number of para-hydroxylation sites is 2.